The molecule has 2 rings (SSSR count). The van der Waals surface area contributed by atoms with Gasteiger partial charge in [-0.05, 0) is 32.6 Å². The lowest BCUT2D eigenvalue weighted by atomic mass is 9.94. The van der Waals surface area contributed by atoms with Crippen LogP contribution in [0.4, 0.5) is 6.01 Å². The van der Waals surface area contributed by atoms with Gasteiger partial charge in [-0.3, -0.25) is 0 Å². The Bertz CT molecular complexity index is 416. The van der Waals surface area contributed by atoms with Crippen LogP contribution in [-0.2, 0) is 4.74 Å². The summed E-state index contributed by atoms with van der Waals surface area (Å²) in [5.74, 6) is 0.307. The normalized spacial score (nSPS) is 24.1. The Kier molecular flexibility index (Phi) is 3.89. The van der Waals surface area contributed by atoms with Gasteiger partial charge in [0.15, 0.2) is 5.69 Å². The Morgan fingerprint density at radius 3 is 3.06 bits per heavy atom. The molecule has 1 aliphatic rings. The molecule has 0 amide bonds. The van der Waals surface area contributed by atoms with Gasteiger partial charge in [0.05, 0.1) is 6.61 Å². The minimum Gasteiger partial charge on any atom is -0.461 e. The fourth-order valence-corrected chi connectivity index (χ4v) is 2.39. The summed E-state index contributed by atoms with van der Waals surface area (Å²) in [6, 6.07) is 0.917. The van der Waals surface area contributed by atoms with E-state index < -0.39 is 5.97 Å². The number of ether oxygens (including phenoxy) is 1. The van der Waals surface area contributed by atoms with Crippen LogP contribution in [0.2, 0.25) is 0 Å². The van der Waals surface area contributed by atoms with E-state index in [-0.39, 0.29) is 5.69 Å². The maximum atomic E-state index is 11.5. The standard InChI is InChI=1S/C13H20N2O3/c1-4-17-12(16)11-8-18-13(14-11)15-6-5-9(2)7-10(15)3/h8-10H,4-7H2,1-3H3. The molecule has 0 bridgehead atoms. The van der Waals surface area contributed by atoms with Crippen LogP contribution >= 0.6 is 0 Å². The van der Waals surface area contributed by atoms with Crippen molar-refractivity contribution in [2.24, 2.45) is 5.92 Å². The van der Waals surface area contributed by atoms with Gasteiger partial charge in [-0.15, -0.1) is 0 Å². The first kappa shape index (κ1) is 12.9. The number of anilines is 1. The quantitative estimate of drug-likeness (QED) is 0.773. The van der Waals surface area contributed by atoms with Crippen molar-refractivity contribution in [3.63, 3.8) is 0 Å². The highest BCUT2D eigenvalue weighted by Crippen LogP contribution is 2.27. The van der Waals surface area contributed by atoms with Gasteiger partial charge in [-0.25, -0.2) is 4.79 Å². The first-order valence-electron chi connectivity index (χ1n) is 6.51. The maximum absolute atomic E-state index is 11.5. The van der Waals surface area contributed by atoms with Gasteiger partial charge in [0.25, 0.3) is 6.01 Å². The van der Waals surface area contributed by atoms with E-state index in [1.807, 2.05) is 0 Å². The van der Waals surface area contributed by atoms with E-state index in [4.69, 9.17) is 9.15 Å². The summed E-state index contributed by atoms with van der Waals surface area (Å²) in [7, 11) is 0. The molecule has 1 aromatic heterocycles. The second-order valence-corrected chi connectivity index (χ2v) is 4.91. The van der Waals surface area contributed by atoms with Crippen LogP contribution in [0.3, 0.4) is 0 Å². The zero-order valence-electron chi connectivity index (χ0n) is 11.2. The molecule has 100 valence electrons. The lowest BCUT2D eigenvalue weighted by Gasteiger charge is -2.35. The predicted molar refractivity (Wildman–Crippen MR) is 67.7 cm³/mol. The molecule has 0 aliphatic carbocycles. The van der Waals surface area contributed by atoms with Gasteiger partial charge >= 0.3 is 5.97 Å². The van der Waals surface area contributed by atoms with E-state index in [0.29, 0.717) is 18.7 Å². The number of carbonyl (C=O) groups is 1. The maximum Gasteiger partial charge on any atom is 0.360 e. The molecule has 5 heteroatoms. The fraction of sp³-hybridized carbons (Fsp3) is 0.692. The van der Waals surface area contributed by atoms with Crippen molar-refractivity contribution >= 4 is 12.0 Å². The van der Waals surface area contributed by atoms with E-state index in [9.17, 15) is 4.79 Å². The molecule has 18 heavy (non-hydrogen) atoms. The van der Waals surface area contributed by atoms with E-state index in [1.54, 1.807) is 6.92 Å². The summed E-state index contributed by atoms with van der Waals surface area (Å²) in [6.07, 6.45) is 3.62. The van der Waals surface area contributed by atoms with Gasteiger partial charge in [-0.1, -0.05) is 6.92 Å². The number of nitrogens with zero attached hydrogens (tertiary/aromatic N) is 2. The molecule has 0 spiro atoms. The second-order valence-electron chi connectivity index (χ2n) is 4.91. The van der Waals surface area contributed by atoms with Gasteiger partial charge in [0.1, 0.15) is 6.26 Å². The molecular formula is C13H20N2O3. The van der Waals surface area contributed by atoms with E-state index in [1.165, 1.54) is 6.26 Å². The van der Waals surface area contributed by atoms with E-state index in [2.05, 4.69) is 23.7 Å². The van der Waals surface area contributed by atoms with Gasteiger partial charge in [0, 0.05) is 12.6 Å². The molecule has 0 aromatic carbocycles. The first-order valence-corrected chi connectivity index (χ1v) is 6.51. The lowest BCUT2D eigenvalue weighted by molar-refractivity contribution is 0.0519. The third-order valence-corrected chi connectivity index (χ3v) is 3.36. The molecule has 5 nitrogen and oxygen atoms in total. The monoisotopic (exact) mass is 252 g/mol. The Labute approximate surface area is 107 Å². The average molecular weight is 252 g/mol. The first-order chi connectivity index (χ1) is 8.61. The third kappa shape index (κ3) is 2.66. The average Bonchev–Trinajstić information content (AvgIpc) is 2.78. The third-order valence-electron chi connectivity index (χ3n) is 3.36. The number of piperidine rings is 1. The number of rotatable bonds is 3. The molecule has 1 saturated heterocycles. The number of oxazole rings is 1. The summed E-state index contributed by atoms with van der Waals surface area (Å²) in [4.78, 5) is 17.8. The summed E-state index contributed by atoms with van der Waals surface area (Å²) >= 11 is 0. The number of aromatic nitrogens is 1. The Hall–Kier alpha value is -1.52. The van der Waals surface area contributed by atoms with Crippen molar-refractivity contribution in [3.05, 3.63) is 12.0 Å². The van der Waals surface area contributed by atoms with Gasteiger partial charge < -0.3 is 14.1 Å². The Morgan fingerprint density at radius 2 is 2.39 bits per heavy atom. The van der Waals surface area contributed by atoms with Crippen molar-refractivity contribution in [2.75, 3.05) is 18.1 Å². The van der Waals surface area contributed by atoms with Crippen molar-refractivity contribution in [2.45, 2.75) is 39.7 Å². The fourth-order valence-electron chi connectivity index (χ4n) is 2.39. The molecule has 2 heterocycles. The van der Waals surface area contributed by atoms with Crippen LogP contribution in [0.25, 0.3) is 0 Å². The zero-order valence-corrected chi connectivity index (χ0v) is 11.2. The van der Waals surface area contributed by atoms with Crippen LogP contribution < -0.4 is 4.90 Å². The van der Waals surface area contributed by atoms with Crippen LogP contribution in [-0.4, -0.2) is 30.1 Å². The Morgan fingerprint density at radius 1 is 1.61 bits per heavy atom. The summed E-state index contributed by atoms with van der Waals surface area (Å²) in [6.45, 7) is 7.45. The van der Waals surface area contributed by atoms with E-state index >= 15 is 0 Å². The molecule has 0 saturated carbocycles. The molecule has 0 radical (unpaired) electrons. The number of carbonyl (C=O) groups excluding carboxylic acids is 1. The minimum atomic E-state index is -0.425. The number of esters is 1. The van der Waals surface area contributed by atoms with Crippen LogP contribution in [0, 0.1) is 5.92 Å². The van der Waals surface area contributed by atoms with E-state index in [0.717, 1.165) is 25.3 Å². The van der Waals surface area contributed by atoms with Crippen molar-refractivity contribution in [3.8, 4) is 0 Å². The zero-order chi connectivity index (χ0) is 13.1. The lowest BCUT2D eigenvalue weighted by Crippen LogP contribution is -2.40. The van der Waals surface area contributed by atoms with Crippen LogP contribution in [0.5, 0.6) is 0 Å². The summed E-state index contributed by atoms with van der Waals surface area (Å²) < 4.78 is 10.3. The minimum absolute atomic E-state index is 0.248. The highest BCUT2D eigenvalue weighted by molar-refractivity contribution is 5.87. The summed E-state index contributed by atoms with van der Waals surface area (Å²) in [5, 5.41) is 0. The van der Waals surface area contributed by atoms with Crippen molar-refractivity contribution < 1.29 is 13.9 Å². The molecule has 1 aliphatic heterocycles. The molecule has 1 aromatic rings. The largest absolute Gasteiger partial charge is 0.461 e. The molecular weight excluding hydrogens is 232 g/mol. The summed E-state index contributed by atoms with van der Waals surface area (Å²) in [5.41, 5.74) is 0.248. The van der Waals surface area contributed by atoms with Gasteiger partial charge in [-0.2, -0.15) is 4.98 Å². The molecule has 2 atom stereocenters. The van der Waals surface area contributed by atoms with Crippen molar-refractivity contribution in [1.29, 1.82) is 0 Å². The Balaban J connectivity index is 2.07. The SMILES string of the molecule is CCOC(=O)c1coc(N2CCC(C)CC2C)n1. The van der Waals surface area contributed by atoms with Crippen LogP contribution in [0.15, 0.2) is 10.7 Å². The predicted octanol–water partition coefficient (Wildman–Crippen LogP) is 2.48. The van der Waals surface area contributed by atoms with Crippen LogP contribution in [0.1, 0.15) is 44.1 Å². The van der Waals surface area contributed by atoms with Gasteiger partial charge in [0.2, 0.25) is 0 Å². The molecule has 1 fully saturated rings. The topological polar surface area (TPSA) is 55.6 Å². The smallest absolute Gasteiger partial charge is 0.360 e. The number of hydrogen-bond donors (Lipinski definition) is 0. The molecule has 0 N–H and O–H groups in total. The molecule has 2 unspecified atom stereocenters. The number of hydrogen-bond acceptors (Lipinski definition) is 5. The second kappa shape index (κ2) is 5.42. The highest BCUT2D eigenvalue weighted by Gasteiger charge is 2.27. The van der Waals surface area contributed by atoms with Crippen molar-refractivity contribution in [1.82, 2.24) is 4.98 Å². The highest BCUT2D eigenvalue weighted by atomic mass is 16.5.